The normalized spacial score (nSPS) is 14.9. The first kappa shape index (κ1) is 48.8. The van der Waals surface area contributed by atoms with Crippen molar-refractivity contribution in [2.45, 2.75) is 105 Å². The van der Waals surface area contributed by atoms with Gasteiger partial charge in [-0.05, 0) is 132 Å². The van der Waals surface area contributed by atoms with Crippen LogP contribution in [0, 0.1) is 17.5 Å². The maximum Gasteiger partial charge on any atom is 0.135 e. The third kappa shape index (κ3) is 8.96. The van der Waals surface area contributed by atoms with E-state index in [0.29, 0.717) is 38.9 Å². The summed E-state index contributed by atoms with van der Waals surface area (Å²) >= 11 is 0. The second-order valence-corrected chi connectivity index (χ2v) is 24.6. The number of fused-ring (bicyclic) bond motifs is 4. The summed E-state index contributed by atoms with van der Waals surface area (Å²) in [6.07, 6.45) is 4.51. The van der Waals surface area contributed by atoms with E-state index in [9.17, 15) is 2.74 Å². The van der Waals surface area contributed by atoms with E-state index in [-0.39, 0.29) is 37.3 Å². The van der Waals surface area contributed by atoms with Gasteiger partial charge >= 0.3 is 0 Å². The first-order valence-electron chi connectivity index (χ1n) is 28.1. The van der Waals surface area contributed by atoms with Crippen molar-refractivity contribution < 1.29 is 32.6 Å². The van der Waals surface area contributed by atoms with Gasteiger partial charge in [-0.25, -0.2) is 4.98 Å². The monoisotopic (exact) mass is 1200 g/mol. The average molecular weight is 1200 g/mol. The zero-order chi connectivity index (χ0) is 55.0. The number of para-hydroxylation sites is 5. The maximum absolute atomic E-state index is 9.81. The molecule has 6 aromatic heterocycles. The molecule has 394 valence electrons. The second-order valence-electron chi connectivity index (χ2n) is 24.6. The second kappa shape index (κ2) is 18.8. The SMILES string of the molecule is [2H]C([2H])(c1cc2ncc1c1ccc(cc1)oc1ccccc1c1cccc(-c3ccc4c(c3)C(C)(C)CCC4(C)C)c1n1[cH-]n(c3[c-]c(cc(C(C)(C)C)c3)oc3[c-]c4c(cc3)c3ccccc3n24)-c2ccccc2-1)C(C)(C)C.[Pt]. The van der Waals surface area contributed by atoms with Crippen LogP contribution in [0.25, 0.3) is 105 Å². The van der Waals surface area contributed by atoms with Crippen LogP contribution in [-0.2, 0) is 43.7 Å². The van der Waals surface area contributed by atoms with Crippen LogP contribution in [0.4, 0.5) is 0 Å². The van der Waals surface area contributed by atoms with Crippen molar-refractivity contribution in [3.05, 3.63) is 211 Å². The summed E-state index contributed by atoms with van der Waals surface area (Å²) in [6, 6.07) is 64.7. The molecule has 14 aromatic rings. The molecule has 0 fully saturated rings. The molecular formula is C71H65N4O2Pt-3. The molecule has 0 saturated carbocycles. The smallest absolute Gasteiger partial charge is 0.135 e. The molecule has 2 aliphatic rings. The van der Waals surface area contributed by atoms with Crippen LogP contribution >= 0.6 is 0 Å². The standard InChI is InChI=1S/C71H65N4O2.Pt/c1-68(2,3)42-47-37-66-72-43-58(47)45-26-29-50(30-27-45)77-65-25-16-12-19-56(65)57-21-17-20-53(46-28-33-59-60(36-46)71(9,10)35-34-70(59,7)8)67(57)74-44-73(62-23-14-15-24-63(62)74)49-38-48(69(4,5)6)39-52(40-49)76-51-31-32-55-54-18-11-13-22-61(54)75(66)64(55)41-51;/h11-33,36-39,43-44H,34-35,42H2,1-10H3;/q-3;/i42D2;. The Labute approximate surface area is 474 Å². The number of aromatic nitrogens is 4. The van der Waals surface area contributed by atoms with Crippen molar-refractivity contribution in [1.82, 2.24) is 18.5 Å². The summed E-state index contributed by atoms with van der Waals surface area (Å²) in [6.45, 7) is 22.1. The van der Waals surface area contributed by atoms with E-state index in [1.54, 1.807) is 0 Å². The van der Waals surface area contributed by atoms with Gasteiger partial charge in [-0.15, -0.1) is 29.1 Å². The number of hydrogen-bond donors (Lipinski definition) is 0. The summed E-state index contributed by atoms with van der Waals surface area (Å²) < 4.78 is 40.3. The fourth-order valence-electron chi connectivity index (χ4n) is 11.8. The number of benzene rings is 8. The van der Waals surface area contributed by atoms with E-state index in [0.717, 1.165) is 89.9 Å². The minimum Gasteiger partial charge on any atom is -0.510 e. The molecule has 8 aromatic carbocycles. The minimum absolute atomic E-state index is 0. The van der Waals surface area contributed by atoms with Gasteiger partial charge < -0.3 is 22.4 Å². The van der Waals surface area contributed by atoms with Gasteiger partial charge in [0, 0.05) is 63.8 Å². The largest absolute Gasteiger partial charge is 0.510 e. The molecule has 0 spiro atoms. The number of pyridine rings is 1. The molecule has 7 heterocycles. The Balaban J connectivity index is 0.00000637. The predicted octanol–water partition coefficient (Wildman–Crippen LogP) is 19.2. The van der Waals surface area contributed by atoms with Crippen molar-refractivity contribution in [3.63, 3.8) is 0 Å². The molecule has 0 radical (unpaired) electrons. The molecule has 0 unspecified atom stereocenters. The third-order valence-corrected chi connectivity index (χ3v) is 16.0. The molecule has 16 rings (SSSR count). The summed E-state index contributed by atoms with van der Waals surface area (Å²) in [5, 5.41) is 5.48. The van der Waals surface area contributed by atoms with Crippen molar-refractivity contribution in [2.75, 3.05) is 0 Å². The van der Waals surface area contributed by atoms with E-state index in [1.807, 2.05) is 87.6 Å². The summed E-state index contributed by atoms with van der Waals surface area (Å²) in [5.41, 5.74) is 14.3. The van der Waals surface area contributed by atoms with Crippen LogP contribution in [-0.4, -0.2) is 18.5 Å². The van der Waals surface area contributed by atoms with Gasteiger partial charge in [0.2, 0.25) is 0 Å². The molecule has 10 bridgehead atoms. The van der Waals surface area contributed by atoms with Gasteiger partial charge in [0.1, 0.15) is 16.8 Å². The van der Waals surface area contributed by atoms with Crippen LogP contribution in [0.1, 0.15) is 107 Å². The molecule has 0 atom stereocenters. The van der Waals surface area contributed by atoms with Gasteiger partial charge in [-0.3, -0.25) is 0 Å². The Morgan fingerprint density at radius 3 is 2.06 bits per heavy atom. The molecule has 0 amide bonds. The van der Waals surface area contributed by atoms with Crippen LogP contribution in [0.3, 0.4) is 0 Å². The van der Waals surface area contributed by atoms with E-state index in [2.05, 4.69) is 184 Å². The van der Waals surface area contributed by atoms with Crippen molar-refractivity contribution in [1.29, 1.82) is 0 Å². The third-order valence-electron chi connectivity index (χ3n) is 16.0. The van der Waals surface area contributed by atoms with E-state index < -0.39 is 11.8 Å². The molecule has 1 aliphatic heterocycles. The van der Waals surface area contributed by atoms with Crippen molar-refractivity contribution in [3.8, 4) is 22.5 Å². The van der Waals surface area contributed by atoms with Gasteiger partial charge in [0.25, 0.3) is 0 Å². The Hall–Kier alpha value is -7.53. The molecule has 7 heteroatoms. The molecule has 0 saturated heterocycles. The zero-order valence-electron chi connectivity index (χ0n) is 48.1. The van der Waals surface area contributed by atoms with E-state index in [1.165, 1.54) is 11.1 Å². The Morgan fingerprint density at radius 2 is 1.31 bits per heavy atom. The predicted molar refractivity (Wildman–Crippen MR) is 321 cm³/mol. The van der Waals surface area contributed by atoms with Gasteiger partial charge in [-0.2, -0.15) is 23.8 Å². The van der Waals surface area contributed by atoms with Gasteiger partial charge in [-0.1, -0.05) is 184 Å². The molecule has 78 heavy (non-hydrogen) atoms. The van der Waals surface area contributed by atoms with Crippen LogP contribution in [0.2, 0.25) is 0 Å². The molecule has 1 aliphatic carbocycles. The quantitative estimate of drug-likeness (QED) is 0.162. The first-order chi connectivity index (χ1) is 37.6. The zero-order valence-corrected chi connectivity index (χ0v) is 48.4. The summed E-state index contributed by atoms with van der Waals surface area (Å²) in [5.74, 6) is 0. The van der Waals surface area contributed by atoms with Crippen LogP contribution in [0.15, 0.2) is 185 Å². The van der Waals surface area contributed by atoms with E-state index in [4.69, 9.17) is 13.8 Å². The number of rotatable bonds is 2. The first-order valence-corrected chi connectivity index (χ1v) is 27.1. The molecular weight excluding hydrogens is 1140 g/mol. The fraction of sp³-hybridized carbons (Fsp3) is 0.239. The van der Waals surface area contributed by atoms with Crippen LogP contribution in [0.5, 0.6) is 0 Å². The molecule has 0 N–H and O–H groups in total. The number of nitrogens with zero attached hydrogens (tertiary/aromatic N) is 4. The summed E-state index contributed by atoms with van der Waals surface area (Å²) in [4.78, 5) is 5.17. The van der Waals surface area contributed by atoms with E-state index >= 15 is 0 Å². The number of imidazole rings is 1. The van der Waals surface area contributed by atoms with Gasteiger partial charge in [0.05, 0.1) is 0 Å². The Kier molecular flexibility index (Phi) is 11.8. The maximum atomic E-state index is 9.81. The van der Waals surface area contributed by atoms with Gasteiger partial charge in [0.15, 0.2) is 0 Å². The number of hydrogen-bond acceptors (Lipinski definition) is 3. The average Bonchev–Trinajstić information content (AvgIpc) is 4.01. The van der Waals surface area contributed by atoms with Crippen LogP contribution < -0.4 is 0 Å². The topological polar surface area (TPSA) is 53.4 Å². The minimum atomic E-state index is -1.78. The Bertz CT molecular complexity index is 4610. The Morgan fingerprint density at radius 1 is 0.615 bits per heavy atom. The molecule has 6 nitrogen and oxygen atoms in total. The fourth-order valence-corrected chi connectivity index (χ4v) is 11.8. The summed E-state index contributed by atoms with van der Waals surface area (Å²) in [7, 11) is 0. The van der Waals surface area contributed by atoms with Crippen molar-refractivity contribution >= 4 is 82.4 Å². The van der Waals surface area contributed by atoms with Crippen molar-refractivity contribution in [2.24, 2.45) is 5.41 Å².